The fraction of sp³-hybridized carbons (Fsp3) is 0.423. The Kier molecular flexibility index (Phi) is 8.99. The summed E-state index contributed by atoms with van der Waals surface area (Å²) in [6, 6.07) is 8.28. The molecule has 3 N–H and O–H groups in total. The van der Waals surface area contributed by atoms with Crippen LogP contribution in [-0.2, 0) is 9.53 Å². The van der Waals surface area contributed by atoms with E-state index < -0.39 is 17.9 Å². The molecule has 1 aromatic carbocycles. The Morgan fingerprint density at radius 1 is 1.06 bits per heavy atom. The van der Waals surface area contributed by atoms with Gasteiger partial charge in [-0.1, -0.05) is 39.8 Å². The molecule has 0 bridgehead atoms. The monoisotopic (exact) mass is 495 g/mol. The largest absolute Gasteiger partial charge is 0.467 e. The van der Waals surface area contributed by atoms with Gasteiger partial charge in [-0.25, -0.2) is 9.78 Å². The number of amides is 2. The van der Waals surface area contributed by atoms with E-state index in [-0.39, 0.29) is 29.5 Å². The van der Waals surface area contributed by atoms with Crippen molar-refractivity contribution in [1.82, 2.24) is 25.8 Å². The number of nitrogens with one attached hydrogen (secondary N) is 3. The zero-order valence-corrected chi connectivity index (χ0v) is 21.3. The van der Waals surface area contributed by atoms with Gasteiger partial charge in [-0.05, 0) is 43.4 Å². The second kappa shape index (κ2) is 12.1. The first-order valence-electron chi connectivity index (χ1n) is 12.1. The maximum absolute atomic E-state index is 12.7. The van der Waals surface area contributed by atoms with Gasteiger partial charge in [0, 0.05) is 17.2 Å². The average molecular weight is 496 g/mol. The van der Waals surface area contributed by atoms with Crippen LogP contribution in [0.25, 0.3) is 22.7 Å². The van der Waals surface area contributed by atoms with Gasteiger partial charge < -0.3 is 19.8 Å². The summed E-state index contributed by atoms with van der Waals surface area (Å²) in [7, 11) is 1.28. The first kappa shape index (κ1) is 26.7. The first-order chi connectivity index (χ1) is 17.2. The standard InChI is InChI=1S/C26H33N5O5/c1-6-18(7-2)28-23(32)20-13-19(30-31-20)16-9-8-10-17(12-16)25-27-14-22(36-25)24(33)29-21(11-15(3)4)26(34)35-5/h8-10,12-15,18,21H,6-7,11H2,1-5H3,(H,28,32)(H,29,33)(H,30,31). The smallest absolute Gasteiger partial charge is 0.328 e. The van der Waals surface area contributed by atoms with E-state index in [0.29, 0.717) is 23.4 Å². The number of nitrogens with zero attached hydrogens (tertiary/aromatic N) is 2. The molecule has 1 atom stereocenters. The summed E-state index contributed by atoms with van der Waals surface area (Å²) in [4.78, 5) is 41.4. The summed E-state index contributed by atoms with van der Waals surface area (Å²) in [6.07, 6.45) is 3.45. The number of oxazole rings is 1. The van der Waals surface area contributed by atoms with Crippen LogP contribution in [0.4, 0.5) is 0 Å². The fourth-order valence-corrected chi connectivity index (χ4v) is 3.72. The van der Waals surface area contributed by atoms with Crippen LogP contribution in [0.15, 0.2) is 40.9 Å². The van der Waals surface area contributed by atoms with Crippen molar-refractivity contribution in [2.45, 2.75) is 59.0 Å². The van der Waals surface area contributed by atoms with Crippen molar-refractivity contribution in [3.63, 3.8) is 0 Å². The molecular formula is C26H33N5O5. The number of esters is 1. The molecule has 3 rings (SSSR count). The minimum absolute atomic E-state index is 0.0202. The van der Waals surface area contributed by atoms with Crippen LogP contribution in [0.5, 0.6) is 0 Å². The maximum Gasteiger partial charge on any atom is 0.328 e. The molecule has 2 heterocycles. The van der Waals surface area contributed by atoms with E-state index in [1.165, 1.54) is 13.3 Å². The van der Waals surface area contributed by atoms with Gasteiger partial charge in [0.05, 0.1) is 19.0 Å². The van der Waals surface area contributed by atoms with E-state index in [2.05, 4.69) is 25.8 Å². The Morgan fingerprint density at radius 3 is 2.44 bits per heavy atom. The number of carbonyl (C=O) groups is 3. The van der Waals surface area contributed by atoms with Crippen LogP contribution in [0.3, 0.4) is 0 Å². The molecule has 0 aliphatic heterocycles. The molecule has 10 nitrogen and oxygen atoms in total. The highest BCUT2D eigenvalue weighted by Crippen LogP contribution is 2.26. The average Bonchev–Trinajstić information content (AvgIpc) is 3.57. The van der Waals surface area contributed by atoms with Crippen molar-refractivity contribution in [3.8, 4) is 22.7 Å². The third kappa shape index (κ3) is 6.59. The lowest BCUT2D eigenvalue weighted by molar-refractivity contribution is -0.143. The molecule has 3 aromatic rings. The molecule has 36 heavy (non-hydrogen) atoms. The number of aromatic nitrogens is 3. The van der Waals surface area contributed by atoms with Gasteiger partial charge in [0.25, 0.3) is 11.8 Å². The topological polar surface area (TPSA) is 139 Å². The van der Waals surface area contributed by atoms with E-state index in [1.54, 1.807) is 12.1 Å². The molecule has 1 unspecified atom stereocenters. The number of H-pyrrole nitrogens is 1. The Bertz CT molecular complexity index is 1190. The lowest BCUT2D eigenvalue weighted by atomic mass is 10.0. The molecule has 0 spiro atoms. The molecule has 2 aromatic heterocycles. The van der Waals surface area contributed by atoms with Crippen LogP contribution < -0.4 is 10.6 Å². The summed E-state index contributed by atoms with van der Waals surface area (Å²) >= 11 is 0. The first-order valence-corrected chi connectivity index (χ1v) is 12.1. The van der Waals surface area contributed by atoms with Gasteiger partial charge in [0.1, 0.15) is 11.7 Å². The highest BCUT2D eigenvalue weighted by Gasteiger charge is 2.25. The van der Waals surface area contributed by atoms with Crippen LogP contribution in [0.1, 0.15) is 68.0 Å². The molecule has 0 aliphatic carbocycles. The molecule has 0 fully saturated rings. The third-order valence-electron chi connectivity index (χ3n) is 5.78. The molecule has 192 valence electrons. The minimum Gasteiger partial charge on any atom is -0.467 e. The van der Waals surface area contributed by atoms with Crippen LogP contribution in [0.2, 0.25) is 0 Å². The minimum atomic E-state index is -0.782. The number of ether oxygens (including phenoxy) is 1. The van der Waals surface area contributed by atoms with Crippen molar-refractivity contribution in [3.05, 3.63) is 48.0 Å². The zero-order valence-electron chi connectivity index (χ0n) is 21.3. The summed E-state index contributed by atoms with van der Waals surface area (Å²) < 4.78 is 10.5. The zero-order chi connectivity index (χ0) is 26.2. The second-order valence-corrected chi connectivity index (χ2v) is 8.94. The van der Waals surface area contributed by atoms with Gasteiger partial charge >= 0.3 is 5.97 Å². The Labute approximate surface area is 210 Å². The Hall–Kier alpha value is -3.95. The van der Waals surface area contributed by atoms with E-state index in [0.717, 1.165) is 18.4 Å². The highest BCUT2D eigenvalue weighted by atomic mass is 16.5. The van der Waals surface area contributed by atoms with Crippen molar-refractivity contribution < 1.29 is 23.5 Å². The maximum atomic E-state index is 12.7. The van der Waals surface area contributed by atoms with Crippen molar-refractivity contribution in [1.29, 1.82) is 0 Å². The van der Waals surface area contributed by atoms with Crippen molar-refractivity contribution in [2.24, 2.45) is 5.92 Å². The predicted molar refractivity (Wildman–Crippen MR) is 134 cm³/mol. The molecule has 0 radical (unpaired) electrons. The fourth-order valence-electron chi connectivity index (χ4n) is 3.72. The number of aromatic amines is 1. The Morgan fingerprint density at radius 2 is 1.78 bits per heavy atom. The normalized spacial score (nSPS) is 12.0. The SMILES string of the molecule is CCC(CC)NC(=O)c1cc(-c2cccc(-c3ncc(C(=O)NC(CC(C)C)C(=O)OC)o3)c2)n[nH]1. The summed E-state index contributed by atoms with van der Waals surface area (Å²) in [6.45, 7) is 7.95. The molecule has 0 aliphatic rings. The van der Waals surface area contributed by atoms with Crippen LogP contribution >= 0.6 is 0 Å². The van der Waals surface area contributed by atoms with Gasteiger partial charge in [0.15, 0.2) is 0 Å². The number of methoxy groups -OCH3 is 1. The summed E-state index contributed by atoms with van der Waals surface area (Å²) in [5.41, 5.74) is 2.34. The van der Waals surface area contributed by atoms with Crippen LogP contribution in [-0.4, -0.2) is 52.2 Å². The van der Waals surface area contributed by atoms with Gasteiger partial charge in [-0.2, -0.15) is 5.10 Å². The lowest BCUT2D eigenvalue weighted by Crippen LogP contribution is -2.42. The van der Waals surface area contributed by atoms with E-state index in [1.807, 2.05) is 45.9 Å². The number of hydrogen-bond donors (Lipinski definition) is 3. The molecule has 2 amide bonds. The number of rotatable bonds is 11. The van der Waals surface area contributed by atoms with Gasteiger partial charge in [0.2, 0.25) is 11.7 Å². The summed E-state index contributed by atoms with van der Waals surface area (Å²) in [5, 5.41) is 12.7. The second-order valence-electron chi connectivity index (χ2n) is 8.94. The van der Waals surface area contributed by atoms with E-state index in [4.69, 9.17) is 9.15 Å². The van der Waals surface area contributed by atoms with Gasteiger partial charge in [-0.3, -0.25) is 14.7 Å². The predicted octanol–water partition coefficient (Wildman–Crippen LogP) is 3.97. The number of hydrogen-bond acceptors (Lipinski definition) is 7. The molecular weight excluding hydrogens is 462 g/mol. The lowest BCUT2D eigenvalue weighted by Gasteiger charge is -2.17. The summed E-state index contributed by atoms with van der Waals surface area (Å²) in [5.74, 6) is -0.880. The third-order valence-corrected chi connectivity index (χ3v) is 5.78. The van der Waals surface area contributed by atoms with Gasteiger partial charge in [-0.15, -0.1) is 0 Å². The molecule has 10 heteroatoms. The van der Waals surface area contributed by atoms with Crippen molar-refractivity contribution >= 4 is 17.8 Å². The van der Waals surface area contributed by atoms with E-state index in [9.17, 15) is 14.4 Å². The highest BCUT2D eigenvalue weighted by molar-refractivity contribution is 5.95. The molecule has 0 saturated carbocycles. The number of benzene rings is 1. The molecule has 0 saturated heterocycles. The van der Waals surface area contributed by atoms with E-state index >= 15 is 0 Å². The Balaban J connectivity index is 1.75. The van der Waals surface area contributed by atoms with Crippen molar-refractivity contribution in [2.75, 3.05) is 7.11 Å². The quantitative estimate of drug-likeness (QED) is 0.342. The van der Waals surface area contributed by atoms with Crippen LogP contribution in [0, 0.1) is 5.92 Å². The number of carbonyl (C=O) groups excluding carboxylic acids is 3.